The number of ether oxygens (including phenoxy) is 3. The third kappa shape index (κ3) is 4.51. The van der Waals surface area contributed by atoms with Gasteiger partial charge in [-0.25, -0.2) is 10.1 Å². The number of carbonyl (C=O) groups excluding carboxylic acids is 2. The average Bonchev–Trinajstić information content (AvgIpc) is 2.27. The van der Waals surface area contributed by atoms with Gasteiger partial charge in [0.15, 0.2) is 0 Å². The zero-order valence-electron chi connectivity index (χ0n) is 9.49. The van der Waals surface area contributed by atoms with E-state index in [-0.39, 0.29) is 6.61 Å². The van der Waals surface area contributed by atoms with Crippen LogP contribution in [0.4, 0.5) is 0 Å². The Labute approximate surface area is 97.8 Å². The second-order valence-electron chi connectivity index (χ2n) is 3.41. The average molecular weight is 246 g/mol. The van der Waals surface area contributed by atoms with Crippen molar-refractivity contribution in [2.75, 3.05) is 6.61 Å². The van der Waals surface area contributed by atoms with E-state index >= 15 is 0 Å². The summed E-state index contributed by atoms with van der Waals surface area (Å²) >= 11 is 0. The Morgan fingerprint density at radius 2 is 2.00 bits per heavy atom. The Morgan fingerprint density at radius 1 is 1.29 bits per heavy atom. The standard InChI is InChI=1S/C10H14O7/c1-6(11)14-5-9-8(15-7(2)12)3-4-10(16-9)17-13/h3-4,8-10,13H,5H2,1-2H3/t8-,9-,10-/m1/s1. The molecule has 0 aliphatic carbocycles. The second-order valence-corrected chi connectivity index (χ2v) is 3.41. The van der Waals surface area contributed by atoms with Gasteiger partial charge in [0.05, 0.1) is 0 Å². The van der Waals surface area contributed by atoms with E-state index in [2.05, 4.69) is 4.89 Å². The summed E-state index contributed by atoms with van der Waals surface area (Å²) < 4.78 is 14.9. The van der Waals surface area contributed by atoms with Gasteiger partial charge in [0.25, 0.3) is 0 Å². The fraction of sp³-hybridized carbons (Fsp3) is 0.600. The van der Waals surface area contributed by atoms with E-state index in [1.165, 1.54) is 26.0 Å². The summed E-state index contributed by atoms with van der Waals surface area (Å²) in [5.41, 5.74) is 0. The van der Waals surface area contributed by atoms with Crippen LogP contribution < -0.4 is 0 Å². The van der Waals surface area contributed by atoms with Crippen molar-refractivity contribution in [3.63, 3.8) is 0 Å². The molecule has 1 N–H and O–H groups in total. The molecule has 0 bridgehead atoms. The number of carbonyl (C=O) groups is 2. The highest BCUT2D eigenvalue weighted by Crippen LogP contribution is 2.17. The third-order valence-corrected chi connectivity index (χ3v) is 1.99. The number of hydrogen-bond acceptors (Lipinski definition) is 7. The van der Waals surface area contributed by atoms with E-state index in [0.29, 0.717) is 0 Å². The molecule has 0 fully saturated rings. The summed E-state index contributed by atoms with van der Waals surface area (Å²) in [6.45, 7) is 2.41. The van der Waals surface area contributed by atoms with E-state index in [4.69, 9.17) is 19.5 Å². The monoisotopic (exact) mass is 246 g/mol. The molecule has 0 radical (unpaired) electrons. The minimum absolute atomic E-state index is 0.0997. The Bertz CT molecular complexity index is 312. The molecule has 0 saturated carbocycles. The topological polar surface area (TPSA) is 91.3 Å². The minimum Gasteiger partial charge on any atom is -0.463 e. The Kier molecular flexibility index (Phi) is 5.08. The van der Waals surface area contributed by atoms with Crippen LogP contribution in [-0.2, 0) is 28.7 Å². The Morgan fingerprint density at radius 3 is 2.53 bits per heavy atom. The zero-order chi connectivity index (χ0) is 12.8. The van der Waals surface area contributed by atoms with Gasteiger partial charge in [-0.05, 0) is 12.2 Å². The lowest BCUT2D eigenvalue weighted by Crippen LogP contribution is -2.41. The van der Waals surface area contributed by atoms with Crippen molar-refractivity contribution in [2.24, 2.45) is 0 Å². The summed E-state index contributed by atoms with van der Waals surface area (Å²) in [5.74, 6) is -0.967. The van der Waals surface area contributed by atoms with Crippen molar-refractivity contribution >= 4 is 11.9 Å². The SMILES string of the molecule is CC(=O)OC[C@H]1O[C@H](OO)C=C[C@H]1OC(C)=O. The first kappa shape index (κ1) is 13.6. The van der Waals surface area contributed by atoms with Gasteiger partial charge in [-0.15, -0.1) is 0 Å². The Balaban J connectivity index is 2.62. The molecule has 7 nitrogen and oxygen atoms in total. The molecule has 0 saturated heterocycles. The molecule has 1 rings (SSSR count). The fourth-order valence-corrected chi connectivity index (χ4v) is 1.32. The number of esters is 2. The van der Waals surface area contributed by atoms with E-state index in [1.807, 2.05) is 0 Å². The maximum atomic E-state index is 10.8. The van der Waals surface area contributed by atoms with Gasteiger partial charge in [0.2, 0.25) is 6.29 Å². The van der Waals surface area contributed by atoms with Crippen LogP contribution in [0.25, 0.3) is 0 Å². The van der Waals surface area contributed by atoms with Gasteiger partial charge >= 0.3 is 11.9 Å². The largest absolute Gasteiger partial charge is 0.463 e. The lowest BCUT2D eigenvalue weighted by atomic mass is 10.1. The smallest absolute Gasteiger partial charge is 0.303 e. The van der Waals surface area contributed by atoms with Crippen LogP contribution in [-0.4, -0.2) is 42.3 Å². The molecule has 0 unspecified atom stereocenters. The molecule has 0 amide bonds. The van der Waals surface area contributed by atoms with Crippen LogP contribution in [0.15, 0.2) is 12.2 Å². The number of hydrogen-bond donors (Lipinski definition) is 1. The molecule has 1 aliphatic heterocycles. The third-order valence-electron chi connectivity index (χ3n) is 1.99. The second kappa shape index (κ2) is 6.33. The molecule has 0 aromatic heterocycles. The van der Waals surface area contributed by atoms with Crippen LogP contribution in [0, 0.1) is 0 Å². The molecular formula is C10H14O7. The first-order valence-corrected chi connectivity index (χ1v) is 4.97. The lowest BCUT2D eigenvalue weighted by Gasteiger charge is -2.29. The van der Waals surface area contributed by atoms with Crippen molar-refractivity contribution in [2.45, 2.75) is 32.3 Å². The van der Waals surface area contributed by atoms with Gasteiger partial charge < -0.3 is 14.2 Å². The van der Waals surface area contributed by atoms with Gasteiger partial charge in [0, 0.05) is 13.8 Å². The lowest BCUT2D eigenvalue weighted by molar-refractivity contribution is -0.345. The quantitative estimate of drug-likeness (QED) is 0.329. The van der Waals surface area contributed by atoms with E-state index < -0.39 is 30.4 Å². The molecule has 0 spiro atoms. The zero-order valence-corrected chi connectivity index (χ0v) is 9.49. The van der Waals surface area contributed by atoms with Crippen molar-refractivity contribution in [1.82, 2.24) is 0 Å². The van der Waals surface area contributed by atoms with Gasteiger partial charge in [-0.2, -0.15) is 0 Å². The van der Waals surface area contributed by atoms with Crippen LogP contribution >= 0.6 is 0 Å². The van der Waals surface area contributed by atoms with Crippen LogP contribution in [0.1, 0.15) is 13.8 Å². The highest BCUT2D eigenvalue weighted by atomic mass is 17.1. The summed E-state index contributed by atoms with van der Waals surface area (Å²) in [5, 5.41) is 8.46. The predicted molar refractivity (Wildman–Crippen MR) is 53.7 cm³/mol. The summed E-state index contributed by atoms with van der Waals surface area (Å²) in [6, 6.07) is 0. The number of rotatable bonds is 4. The molecule has 7 heteroatoms. The van der Waals surface area contributed by atoms with Crippen LogP contribution in [0.5, 0.6) is 0 Å². The first-order valence-electron chi connectivity index (χ1n) is 4.97. The summed E-state index contributed by atoms with van der Waals surface area (Å²) in [4.78, 5) is 25.5. The molecule has 1 aliphatic rings. The molecular weight excluding hydrogens is 232 g/mol. The molecule has 3 atom stereocenters. The van der Waals surface area contributed by atoms with Gasteiger partial charge in [-0.3, -0.25) is 9.59 Å². The van der Waals surface area contributed by atoms with Crippen molar-refractivity contribution in [1.29, 1.82) is 0 Å². The fourth-order valence-electron chi connectivity index (χ4n) is 1.32. The highest BCUT2D eigenvalue weighted by molar-refractivity contribution is 5.66. The molecule has 0 aromatic rings. The Hall–Kier alpha value is -1.44. The van der Waals surface area contributed by atoms with Crippen molar-refractivity contribution in [3.05, 3.63) is 12.2 Å². The molecule has 17 heavy (non-hydrogen) atoms. The van der Waals surface area contributed by atoms with E-state index in [0.717, 1.165) is 0 Å². The van der Waals surface area contributed by atoms with Crippen LogP contribution in [0.3, 0.4) is 0 Å². The summed E-state index contributed by atoms with van der Waals surface area (Å²) in [7, 11) is 0. The maximum Gasteiger partial charge on any atom is 0.303 e. The highest BCUT2D eigenvalue weighted by Gasteiger charge is 2.31. The van der Waals surface area contributed by atoms with Gasteiger partial charge in [0.1, 0.15) is 18.8 Å². The predicted octanol–water partition coefficient (Wildman–Crippen LogP) is 0.252. The molecule has 1 heterocycles. The van der Waals surface area contributed by atoms with E-state index in [1.54, 1.807) is 0 Å². The molecule has 96 valence electrons. The van der Waals surface area contributed by atoms with Crippen LogP contribution in [0.2, 0.25) is 0 Å². The summed E-state index contributed by atoms with van der Waals surface area (Å²) in [6.07, 6.45) is 0.517. The van der Waals surface area contributed by atoms with Crippen molar-refractivity contribution in [3.8, 4) is 0 Å². The maximum absolute atomic E-state index is 10.8. The van der Waals surface area contributed by atoms with Gasteiger partial charge in [-0.1, -0.05) is 0 Å². The molecule has 0 aromatic carbocycles. The first-order chi connectivity index (χ1) is 8.02. The van der Waals surface area contributed by atoms with E-state index in [9.17, 15) is 9.59 Å². The normalized spacial score (nSPS) is 27.6. The van der Waals surface area contributed by atoms with Crippen molar-refractivity contribution < 1.29 is 33.9 Å². The minimum atomic E-state index is -0.970.